The van der Waals surface area contributed by atoms with Crippen molar-refractivity contribution in [3.8, 4) is 5.75 Å². The maximum absolute atomic E-state index is 13.2. The Morgan fingerprint density at radius 2 is 1.38 bits per heavy atom. The van der Waals surface area contributed by atoms with Crippen LogP contribution < -0.4 is 4.74 Å². The molecule has 0 radical (unpaired) electrons. The SMILES string of the molecule is Cc1ccc(C(=O)[C@H](OC(=O)c2ccc(COc3ccc(Br)cc3)cc2)c2ccccc2)cc1. The Morgan fingerprint density at radius 3 is 2.03 bits per heavy atom. The van der Waals surface area contributed by atoms with Crippen LogP contribution in [0.2, 0.25) is 0 Å². The average Bonchev–Trinajstić information content (AvgIpc) is 2.88. The number of aryl methyl sites for hydroxylation is 1. The van der Waals surface area contributed by atoms with Crippen LogP contribution in [0.4, 0.5) is 0 Å². The highest BCUT2D eigenvalue weighted by Crippen LogP contribution is 2.25. The molecule has 4 rings (SSSR count). The minimum atomic E-state index is -1.03. The largest absolute Gasteiger partial charge is 0.489 e. The molecule has 0 saturated heterocycles. The predicted octanol–water partition coefficient (Wildman–Crippen LogP) is 7.12. The van der Waals surface area contributed by atoms with Crippen LogP contribution >= 0.6 is 15.9 Å². The van der Waals surface area contributed by atoms with E-state index in [4.69, 9.17) is 9.47 Å². The number of esters is 1. The van der Waals surface area contributed by atoms with Gasteiger partial charge in [0.05, 0.1) is 5.56 Å². The summed E-state index contributed by atoms with van der Waals surface area (Å²) in [5.41, 5.74) is 3.45. The van der Waals surface area contributed by atoms with Gasteiger partial charge in [-0.05, 0) is 48.9 Å². The Bertz CT molecular complexity index is 1250. The number of ketones is 1. The van der Waals surface area contributed by atoms with Crippen molar-refractivity contribution in [3.63, 3.8) is 0 Å². The number of halogens is 1. The molecule has 0 heterocycles. The van der Waals surface area contributed by atoms with Gasteiger partial charge in [0, 0.05) is 15.6 Å². The van der Waals surface area contributed by atoms with Crippen molar-refractivity contribution in [2.75, 3.05) is 0 Å². The lowest BCUT2D eigenvalue weighted by Crippen LogP contribution is -2.20. The Kier molecular flexibility index (Phi) is 7.55. The fraction of sp³-hybridized carbons (Fsp3) is 0.103. The molecule has 0 unspecified atom stereocenters. The summed E-state index contributed by atoms with van der Waals surface area (Å²) in [5, 5.41) is 0. The molecule has 0 amide bonds. The van der Waals surface area contributed by atoms with E-state index in [1.54, 1.807) is 36.4 Å². The number of Topliss-reactive ketones (excluding diaryl/α,β-unsaturated/α-hetero) is 1. The zero-order chi connectivity index (χ0) is 23.9. The quantitative estimate of drug-likeness (QED) is 0.185. The summed E-state index contributed by atoms with van der Waals surface area (Å²) in [6, 6.07) is 30.9. The highest BCUT2D eigenvalue weighted by molar-refractivity contribution is 9.10. The van der Waals surface area contributed by atoms with E-state index in [9.17, 15) is 9.59 Å². The van der Waals surface area contributed by atoms with Crippen molar-refractivity contribution in [1.29, 1.82) is 0 Å². The van der Waals surface area contributed by atoms with Gasteiger partial charge in [0.1, 0.15) is 12.4 Å². The molecule has 5 heteroatoms. The Labute approximate surface area is 207 Å². The average molecular weight is 515 g/mol. The standard InChI is InChI=1S/C29H23BrO4/c1-20-7-11-22(12-8-20)27(31)28(23-5-3-2-4-6-23)34-29(32)24-13-9-21(10-14-24)19-33-26-17-15-25(30)16-18-26/h2-18,28H,19H2,1H3/t28-/m1/s1. The van der Waals surface area contributed by atoms with Crippen molar-refractivity contribution < 1.29 is 19.1 Å². The molecule has 0 saturated carbocycles. The molecule has 0 aliphatic heterocycles. The van der Waals surface area contributed by atoms with E-state index < -0.39 is 12.1 Å². The van der Waals surface area contributed by atoms with Crippen LogP contribution in [0.15, 0.2) is 108 Å². The van der Waals surface area contributed by atoms with Crippen molar-refractivity contribution in [3.05, 3.63) is 135 Å². The first kappa shape index (κ1) is 23.5. The van der Waals surface area contributed by atoms with E-state index in [-0.39, 0.29) is 5.78 Å². The van der Waals surface area contributed by atoms with Gasteiger partial charge in [-0.15, -0.1) is 0 Å². The lowest BCUT2D eigenvalue weighted by atomic mass is 9.99. The van der Waals surface area contributed by atoms with E-state index in [2.05, 4.69) is 15.9 Å². The molecule has 4 nitrogen and oxygen atoms in total. The lowest BCUT2D eigenvalue weighted by Gasteiger charge is -2.18. The van der Waals surface area contributed by atoms with Gasteiger partial charge >= 0.3 is 5.97 Å². The minimum Gasteiger partial charge on any atom is -0.489 e. The molecule has 4 aromatic carbocycles. The maximum Gasteiger partial charge on any atom is 0.339 e. The van der Waals surface area contributed by atoms with Gasteiger partial charge in [0.25, 0.3) is 0 Å². The third kappa shape index (κ3) is 6.00. The molecule has 0 aromatic heterocycles. The van der Waals surface area contributed by atoms with E-state index in [0.29, 0.717) is 23.3 Å². The maximum atomic E-state index is 13.2. The zero-order valence-electron chi connectivity index (χ0n) is 18.6. The molecule has 4 aromatic rings. The molecule has 0 bridgehead atoms. The number of hydrogen-bond donors (Lipinski definition) is 0. The van der Waals surface area contributed by atoms with E-state index in [0.717, 1.165) is 21.3 Å². The summed E-state index contributed by atoms with van der Waals surface area (Å²) in [7, 11) is 0. The summed E-state index contributed by atoms with van der Waals surface area (Å²) >= 11 is 3.40. The van der Waals surface area contributed by atoms with E-state index in [1.807, 2.05) is 73.7 Å². The molecule has 34 heavy (non-hydrogen) atoms. The van der Waals surface area contributed by atoms with Gasteiger partial charge < -0.3 is 9.47 Å². The van der Waals surface area contributed by atoms with Gasteiger partial charge in [-0.25, -0.2) is 4.79 Å². The highest BCUT2D eigenvalue weighted by Gasteiger charge is 2.26. The summed E-state index contributed by atoms with van der Waals surface area (Å²) in [5.74, 6) is -0.0687. The Morgan fingerprint density at radius 1 is 0.765 bits per heavy atom. The molecular formula is C29H23BrO4. The summed E-state index contributed by atoms with van der Waals surface area (Å²) in [6.45, 7) is 2.33. The fourth-order valence-corrected chi connectivity index (χ4v) is 3.64. The Hall–Kier alpha value is -3.70. The van der Waals surface area contributed by atoms with Crippen molar-refractivity contribution in [2.24, 2.45) is 0 Å². The summed E-state index contributed by atoms with van der Waals surface area (Å²) in [4.78, 5) is 26.2. The van der Waals surface area contributed by atoms with Crippen LogP contribution in [-0.4, -0.2) is 11.8 Å². The molecule has 0 spiro atoms. The Balaban J connectivity index is 1.47. The number of carbonyl (C=O) groups is 2. The number of carbonyl (C=O) groups excluding carboxylic acids is 2. The molecule has 0 aliphatic rings. The van der Waals surface area contributed by atoms with Gasteiger partial charge in [-0.2, -0.15) is 0 Å². The first-order valence-electron chi connectivity index (χ1n) is 10.8. The first-order valence-corrected chi connectivity index (χ1v) is 11.6. The predicted molar refractivity (Wildman–Crippen MR) is 135 cm³/mol. The van der Waals surface area contributed by atoms with Crippen LogP contribution in [-0.2, 0) is 11.3 Å². The van der Waals surface area contributed by atoms with Gasteiger partial charge in [0.2, 0.25) is 5.78 Å². The van der Waals surface area contributed by atoms with Gasteiger partial charge in [-0.3, -0.25) is 4.79 Å². The molecule has 1 atom stereocenters. The third-order valence-corrected chi connectivity index (χ3v) is 5.84. The summed E-state index contributed by atoms with van der Waals surface area (Å²) in [6.07, 6.45) is -1.03. The van der Waals surface area contributed by atoms with Crippen molar-refractivity contribution in [2.45, 2.75) is 19.6 Å². The molecule has 0 N–H and O–H groups in total. The van der Waals surface area contributed by atoms with E-state index >= 15 is 0 Å². The van der Waals surface area contributed by atoms with E-state index in [1.165, 1.54) is 0 Å². The number of hydrogen-bond acceptors (Lipinski definition) is 4. The second kappa shape index (κ2) is 10.9. The second-order valence-corrected chi connectivity index (χ2v) is 8.78. The normalized spacial score (nSPS) is 11.5. The van der Waals surface area contributed by atoms with Crippen molar-refractivity contribution >= 4 is 27.7 Å². The monoisotopic (exact) mass is 514 g/mol. The van der Waals surface area contributed by atoms with Gasteiger partial charge in [-0.1, -0.05) is 88.2 Å². The number of ether oxygens (including phenoxy) is 2. The first-order chi connectivity index (χ1) is 16.5. The van der Waals surface area contributed by atoms with Gasteiger partial charge in [0.15, 0.2) is 6.10 Å². The number of benzene rings is 4. The smallest absolute Gasteiger partial charge is 0.339 e. The van der Waals surface area contributed by atoms with Crippen LogP contribution in [0, 0.1) is 6.92 Å². The second-order valence-electron chi connectivity index (χ2n) is 7.87. The highest BCUT2D eigenvalue weighted by atomic mass is 79.9. The zero-order valence-corrected chi connectivity index (χ0v) is 20.2. The van der Waals surface area contributed by atoms with Crippen molar-refractivity contribution in [1.82, 2.24) is 0 Å². The number of rotatable bonds is 8. The molecular weight excluding hydrogens is 492 g/mol. The lowest BCUT2D eigenvalue weighted by molar-refractivity contribution is 0.0280. The van der Waals surface area contributed by atoms with Crippen LogP contribution in [0.3, 0.4) is 0 Å². The molecule has 0 aliphatic carbocycles. The minimum absolute atomic E-state index is 0.265. The van der Waals surface area contributed by atoms with Crippen LogP contribution in [0.1, 0.15) is 43.5 Å². The fourth-order valence-electron chi connectivity index (χ4n) is 3.38. The molecule has 0 fully saturated rings. The topological polar surface area (TPSA) is 52.6 Å². The third-order valence-electron chi connectivity index (χ3n) is 5.31. The van der Waals surface area contributed by atoms with Crippen LogP contribution in [0.25, 0.3) is 0 Å². The summed E-state index contributed by atoms with van der Waals surface area (Å²) < 4.78 is 12.5. The van der Waals surface area contributed by atoms with Crippen LogP contribution in [0.5, 0.6) is 5.75 Å². The molecule has 170 valence electrons.